The van der Waals surface area contributed by atoms with Crippen LogP contribution in [0.3, 0.4) is 0 Å². The minimum absolute atomic E-state index is 0.779. The highest BCUT2D eigenvalue weighted by Crippen LogP contribution is 2.13. The maximum absolute atomic E-state index is 5.08. The highest BCUT2D eigenvalue weighted by molar-refractivity contribution is 7.09. The molecular weight excluding hydrogens is 246 g/mol. The van der Waals surface area contributed by atoms with Gasteiger partial charge in [0.15, 0.2) is 0 Å². The Balaban J connectivity index is 1.93. The van der Waals surface area contributed by atoms with Gasteiger partial charge in [0.25, 0.3) is 0 Å². The van der Waals surface area contributed by atoms with Crippen molar-refractivity contribution in [3.63, 3.8) is 0 Å². The second kappa shape index (κ2) is 6.56. The number of nitrogens with zero attached hydrogens (tertiary/aromatic N) is 2. The maximum Gasteiger partial charge on any atom is 0.203 e. The van der Waals surface area contributed by atoms with Gasteiger partial charge in [0.1, 0.15) is 0 Å². The number of rotatable bonds is 7. The molecule has 0 saturated heterocycles. The van der Waals surface area contributed by atoms with Crippen molar-refractivity contribution in [2.75, 3.05) is 19.0 Å². The molecule has 98 valence electrons. The van der Waals surface area contributed by atoms with E-state index in [0.29, 0.717) is 0 Å². The van der Waals surface area contributed by atoms with Crippen LogP contribution in [-0.4, -0.2) is 23.3 Å². The third-order valence-electron chi connectivity index (χ3n) is 2.65. The first-order valence-electron chi connectivity index (χ1n) is 6.08. The molecule has 5 heteroatoms. The molecule has 0 unspecified atom stereocenters. The van der Waals surface area contributed by atoms with E-state index in [0.717, 1.165) is 37.8 Å². The number of hydrogen-bond acceptors (Lipinski definition) is 4. The lowest BCUT2D eigenvalue weighted by atomic mass is 10.4. The van der Waals surface area contributed by atoms with Crippen molar-refractivity contribution >= 4 is 17.3 Å². The number of thiophene rings is 1. The minimum Gasteiger partial charge on any atom is -0.385 e. The van der Waals surface area contributed by atoms with Crippen molar-refractivity contribution < 1.29 is 4.74 Å². The van der Waals surface area contributed by atoms with Crippen LogP contribution in [0.15, 0.2) is 23.7 Å². The van der Waals surface area contributed by atoms with E-state index in [1.807, 2.05) is 6.92 Å². The topological polar surface area (TPSA) is 39.1 Å². The molecular formula is C13H19N3OS. The lowest BCUT2D eigenvalue weighted by Gasteiger charge is -2.08. The molecule has 2 heterocycles. The van der Waals surface area contributed by atoms with Gasteiger partial charge >= 0.3 is 0 Å². The Morgan fingerprint density at radius 2 is 2.39 bits per heavy atom. The molecule has 2 aromatic rings. The monoisotopic (exact) mass is 265 g/mol. The number of anilines is 1. The van der Waals surface area contributed by atoms with Crippen LogP contribution in [0.25, 0.3) is 0 Å². The van der Waals surface area contributed by atoms with Crippen molar-refractivity contribution in [2.24, 2.45) is 0 Å². The van der Waals surface area contributed by atoms with Crippen molar-refractivity contribution in [3.8, 4) is 0 Å². The van der Waals surface area contributed by atoms with E-state index in [-0.39, 0.29) is 0 Å². The molecule has 1 N–H and O–H groups in total. The molecule has 0 fully saturated rings. The molecule has 0 radical (unpaired) electrons. The molecule has 0 bridgehead atoms. The summed E-state index contributed by atoms with van der Waals surface area (Å²) in [5, 5.41) is 5.48. The summed E-state index contributed by atoms with van der Waals surface area (Å²) >= 11 is 1.76. The van der Waals surface area contributed by atoms with E-state index in [2.05, 4.69) is 38.6 Å². The first kappa shape index (κ1) is 13.1. The maximum atomic E-state index is 5.08. The molecule has 0 saturated carbocycles. The lowest BCUT2D eigenvalue weighted by molar-refractivity contribution is 0.190. The summed E-state index contributed by atoms with van der Waals surface area (Å²) in [5.41, 5.74) is 1.04. The fourth-order valence-electron chi connectivity index (χ4n) is 1.82. The Morgan fingerprint density at radius 3 is 3.11 bits per heavy atom. The second-order valence-corrected chi connectivity index (χ2v) is 5.21. The molecule has 18 heavy (non-hydrogen) atoms. The van der Waals surface area contributed by atoms with Crippen molar-refractivity contribution in [2.45, 2.75) is 26.4 Å². The van der Waals surface area contributed by atoms with E-state index in [9.17, 15) is 0 Å². The zero-order valence-electron chi connectivity index (χ0n) is 10.8. The molecule has 0 amide bonds. The molecule has 2 aromatic heterocycles. The van der Waals surface area contributed by atoms with Crippen molar-refractivity contribution in [3.05, 3.63) is 34.3 Å². The van der Waals surface area contributed by atoms with Crippen LogP contribution in [0.4, 0.5) is 5.95 Å². The molecule has 0 aliphatic heterocycles. The number of ether oxygens (including phenoxy) is 1. The molecule has 0 spiro atoms. The zero-order chi connectivity index (χ0) is 12.8. The van der Waals surface area contributed by atoms with E-state index in [1.54, 1.807) is 18.4 Å². The Kier molecular flexibility index (Phi) is 4.78. The van der Waals surface area contributed by atoms with Crippen LogP contribution in [0, 0.1) is 6.92 Å². The van der Waals surface area contributed by atoms with Crippen molar-refractivity contribution in [1.29, 1.82) is 0 Å². The fraction of sp³-hybridized carbons (Fsp3) is 0.462. The summed E-state index contributed by atoms with van der Waals surface area (Å²) in [7, 11) is 1.73. The third-order valence-corrected chi connectivity index (χ3v) is 3.52. The van der Waals surface area contributed by atoms with Gasteiger partial charge in [0.2, 0.25) is 5.95 Å². The van der Waals surface area contributed by atoms with E-state index in [4.69, 9.17) is 4.74 Å². The van der Waals surface area contributed by atoms with Gasteiger partial charge < -0.3 is 14.6 Å². The highest BCUT2D eigenvalue weighted by atomic mass is 32.1. The summed E-state index contributed by atoms with van der Waals surface area (Å²) in [6, 6.07) is 4.20. The fourth-order valence-corrected chi connectivity index (χ4v) is 2.46. The second-order valence-electron chi connectivity index (χ2n) is 4.18. The number of nitrogens with one attached hydrogen (secondary N) is 1. The first-order valence-corrected chi connectivity index (χ1v) is 6.96. The van der Waals surface area contributed by atoms with Gasteiger partial charge in [-0.2, -0.15) is 0 Å². The number of aryl methyl sites for hydroxylation is 2. The van der Waals surface area contributed by atoms with Gasteiger partial charge in [-0.05, 0) is 24.8 Å². The Bertz CT molecular complexity index is 465. The zero-order valence-corrected chi connectivity index (χ0v) is 11.7. The normalized spacial score (nSPS) is 10.8. The third kappa shape index (κ3) is 3.58. The smallest absolute Gasteiger partial charge is 0.203 e. The van der Waals surface area contributed by atoms with E-state index in [1.165, 1.54) is 4.88 Å². The average molecular weight is 265 g/mol. The molecule has 0 aliphatic carbocycles. The predicted octanol–water partition coefficient (Wildman–Crippen LogP) is 2.90. The summed E-state index contributed by atoms with van der Waals surface area (Å²) in [6.07, 6.45) is 3.08. The summed E-state index contributed by atoms with van der Waals surface area (Å²) in [6.45, 7) is 4.56. The van der Waals surface area contributed by atoms with Gasteiger partial charge in [0, 0.05) is 31.3 Å². The van der Waals surface area contributed by atoms with Gasteiger partial charge in [-0.25, -0.2) is 4.98 Å². The Hall–Kier alpha value is -1.33. The van der Waals surface area contributed by atoms with Gasteiger partial charge in [-0.15, -0.1) is 11.3 Å². The number of aromatic nitrogens is 2. The van der Waals surface area contributed by atoms with Gasteiger partial charge in [-0.1, -0.05) is 6.07 Å². The van der Waals surface area contributed by atoms with Gasteiger partial charge in [0.05, 0.1) is 12.2 Å². The van der Waals surface area contributed by atoms with Crippen LogP contribution in [0.1, 0.15) is 17.0 Å². The van der Waals surface area contributed by atoms with E-state index < -0.39 is 0 Å². The van der Waals surface area contributed by atoms with Gasteiger partial charge in [-0.3, -0.25) is 0 Å². The summed E-state index contributed by atoms with van der Waals surface area (Å²) in [5.74, 6) is 0.942. The lowest BCUT2D eigenvalue weighted by Crippen LogP contribution is -2.07. The van der Waals surface area contributed by atoms with Crippen LogP contribution in [-0.2, 0) is 17.8 Å². The van der Waals surface area contributed by atoms with Crippen molar-refractivity contribution in [1.82, 2.24) is 9.55 Å². The van der Waals surface area contributed by atoms with Crippen LogP contribution < -0.4 is 5.32 Å². The molecule has 0 atom stereocenters. The Labute approximate surface area is 112 Å². The predicted molar refractivity (Wildman–Crippen MR) is 75.1 cm³/mol. The number of hydrogen-bond donors (Lipinski definition) is 1. The average Bonchev–Trinajstić information content (AvgIpc) is 2.97. The number of imidazole rings is 1. The van der Waals surface area contributed by atoms with E-state index >= 15 is 0 Å². The molecule has 0 aromatic carbocycles. The van der Waals surface area contributed by atoms with Crippen LogP contribution in [0.2, 0.25) is 0 Å². The largest absolute Gasteiger partial charge is 0.385 e. The highest BCUT2D eigenvalue weighted by Gasteiger charge is 2.05. The first-order chi connectivity index (χ1) is 8.79. The summed E-state index contributed by atoms with van der Waals surface area (Å²) in [4.78, 5) is 5.82. The number of methoxy groups -OCH3 is 1. The SMILES string of the molecule is COCCCn1cc(C)nc1NCc1cccs1. The minimum atomic E-state index is 0.779. The van der Waals surface area contributed by atoms with Crippen LogP contribution >= 0.6 is 11.3 Å². The Morgan fingerprint density at radius 1 is 1.50 bits per heavy atom. The molecule has 2 rings (SSSR count). The van der Waals surface area contributed by atoms with Crippen LogP contribution in [0.5, 0.6) is 0 Å². The summed E-state index contributed by atoms with van der Waals surface area (Å²) < 4.78 is 7.23. The molecule has 4 nitrogen and oxygen atoms in total. The molecule has 0 aliphatic rings. The standard InChI is InChI=1S/C13H19N3OS/c1-11-10-16(6-4-7-17-2)13(15-11)14-9-12-5-3-8-18-12/h3,5,8,10H,4,6-7,9H2,1-2H3,(H,14,15). The quantitative estimate of drug-likeness (QED) is 0.782.